The maximum Gasteiger partial charge on any atom is 0.233 e. The van der Waals surface area contributed by atoms with Crippen LogP contribution >= 0.6 is 11.3 Å². The van der Waals surface area contributed by atoms with Crippen molar-refractivity contribution in [1.29, 1.82) is 0 Å². The van der Waals surface area contributed by atoms with Gasteiger partial charge in [0.1, 0.15) is 5.75 Å². The largest absolute Gasteiger partial charge is 0.497 e. The predicted octanol–water partition coefficient (Wildman–Crippen LogP) is 4.87. The van der Waals surface area contributed by atoms with Crippen LogP contribution in [0.5, 0.6) is 5.75 Å². The Labute approximate surface area is 197 Å². The first-order valence-electron chi connectivity index (χ1n) is 10.5. The van der Waals surface area contributed by atoms with E-state index in [1.807, 2.05) is 48.5 Å². The summed E-state index contributed by atoms with van der Waals surface area (Å²) in [5, 5.41) is 0.609. The SMILES string of the molecule is CCS(=O)(=O)c1ccc(CC(=O)N(Cc2ccccc2)c2nc3ccc(OC)cc3s2)cc1. The van der Waals surface area contributed by atoms with Gasteiger partial charge in [0.15, 0.2) is 15.0 Å². The second-order valence-corrected chi connectivity index (χ2v) is 10.8. The zero-order valence-corrected chi connectivity index (χ0v) is 20.0. The smallest absolute Gasteiger partial charge is 0.233 e. The Balaban J connectivity index is 1.64. The lowest BCUT2D eigenvalue weighted by Crippen LogP contribution is -2.31. The van der Waals surface area contributed by atoms with Crippen molar-refractivity contribution >= 4 is 42.4 Å². The highest BCUT2D eigenvalue weighted by Crippen LogP contribution is 2.32. The first kappa shape index (κ1) is 22.9. The molecule has 170 valence electrons. The molecule has 8 heteroatoms. The van der Waals surface area contributed by atoms with Crippen molar-refractivity contribution in [3.8, 4) is 5.75 Å². The third kappa shape index (κ3) is 5.23. The molecule has 0 bridgehead atoms. The van der Waals surface area contributed by atoms with E-state index in [0.717, 1.165) is 27.1 Å². The number of anilines is 1. The molecule has 0 aliphatic carbocycles. The van der Waals surface area contributed by atoms with Crippen LogP contribution in [0.4, 0.5) is 5.13 Å². The lowest BCUT2D eigenvalue weighted by atomic mass is 10.1. The molecule has 0 saturated heterocycles. The molecule has 33 heavy (non-hydrogen) atoms. The highest BCUT2D eigenvalue weighted by atomic mass is 32.2. The van der Waals surface area contributed by atoms with Crippen LogP contribution in [-0.2, 0) is 27.6 Å². The number of fused-ring (bicyclic) bond motifs is 1. The number of thiazole rings is 1. The van der Waals surface area contributed by atoms with E-state index < -0.39 is 9.84 Å². The van der Waals surface area contributed by atoms with Gasteiger partial charge in [0, 0.05) is 0 Å². The van der Waals surface area contributed by atoms with Gasteiger partial charge in [0.25, 0.3) is 0 Å². The third-order valence-electron chi connectivity index (χ3n) is 5.32. The zero-order chi connectivity index (χ0) is 23.4. The number of nitrogens with zero attached hydrogens (tertiary/aromatic N) is 2. The van der Waals surface area contributed by atoms with Crippen molar-refractivity contribution in [1.82, 2.24) is 4.98 Å². The normalized spacial score (nSPS) is 11.5. The number of aromatic nitrogens is 1. The summed E-state index contributed by atoms with van der Waals surface area (Å²) >= 11 is 1.44. The maximum absolute atomic E-state index is 13.4. The van der Waals surface area contributed by atoms with Crippen molar-refractivity contribution in [2.75, 3.05) is 17.8 Å². The molecule has 6 nitrogen and oxygen atoms in total. The molecule has 1 heterocycles. The van der Waals surface area contributed by atoms with Gasteiger partial charge in [0.05, 0.1) is 40.9 Å². The molecule has 0 radical (unpaired) electrons. The molecule has 0 fully saturated rings. The molecule has 0 aliphatic rings. The number of amides is 1. The summed E-state index contributed by atoms with van der Waals surface area (Å²) in [5.41, 5.74) is 2.54. The van der Waals surface area contributed by atoms with Crippen LogP contribution in [0.2, 0.25) is 0 Å². The van der Waals surface area contributed by atoms with E-state index in [0.29, 0.717) is 11.7 Å². The molecule has 0 spiro atoms. The van der Waals surface area contributed by atoms with Gasteiger partial charge in [-0.25, -0.2) is 13.4 Å². The molecule has 0 N–H and O–H groups in total. The van der Waals surface area contributed by atoms with Crippen molar-refractivity contribution in [3.63, 3.8) is 0 Å². The Bertz CT molecular complexity index is 1360. The van der Waals surface area contributed by atoms with Gasteiger partial charge in [-0.1, -0.05) is 60.7 Å². The molecular formula is C25H24N2O4S2. The second kappa shape index (κ2) is 9.72. The van der Waals surface area contributed by atoms with Crippen molar-refractivity contribution in [2.24, 2.45) is 0 Å². The van der Waals surface area contributed by atoms with E-state index in [2.05, 4.69) is 0 Å². The van der Waals surface area contributed by atoms with Crippen molar-refractivity contribution in [3.05, 3.63) is 83.9 Å². The average molecular weight is 481 g/mol. The topological polar surface area (TPSA) is 76.6 Å². The van der Waals surface area contributed by atoms with E-state index >= 15 is 0 Å². The zero-order valence-electron chi connectivity index (χ0n) is 18.4. The molecule has 4 aromatic rings. The van der Waals surface area contributed by atoms with Gasteiger partial charge in [-0.2, -0.15) is 0 Å². The minimum Gasteiger partial charge on any atom is -0.497 e. The van der Waals surface area contributed by atoms with Crippen LogP contribution in [0.25, 0.3) is 10.2 Å². The summed E-state index contributed by atoms with van der Waals surface area (Å²) < 4.78 is 30.4. The number of methoxy groups -OCH3 is 1. The van der Waals surface area contributed by atoms with Gasteiger partial charge >= 0.3 is 0 Å². The molecule has 0 atom stereocenters. The average Bonchev–Trinajstić information content (AvgIpc) is 3.26. The highest BCUT2D eigenvalue weighted by molar-refractivity contribution is 7.91. The van der Waals surface area contributed by atoms with Crippen LogP contribution < -0.4 is 9.64 Å². The summed E-state index contributed by atoms with van der Waals surface area (Å²) in [6.45, 7) is 2.00. The summed E-state index contributed by atoms with van der Waals surface area (Å²) in [5.74, 6) is 0.662. The Hall–Kier alpha value is -3.23. The lowest BCUT2D eigenvalue weighted by Gasteiger charge is -2.20. The van der Waals surface area contributed by atoms with Gasteiger partial charge in [-0.15, -0.1) is 0 Å². The molecule has 3 aromatic carbocycles. The highest BCUT2D eigenvalue weighted by Gasteiger charge is 2.21. The van der Waals surface area contributed by atoms with Crippen LogP contribution in [0.1, 0.15) is 18.1 Å². The number of rotatable bonds is 8. The molecule has 4 rings (SSSR count). The van der Waals surface area contributed by atoms with Crippen LogP contribution in [0, 0.1) is 0 Å². The fourth-order valence-electron chi connectivity index (χ4n) is 3.42. The van der Waals surface area contributed by atoms with Crippen molar-refractivity contribution < 1.29 is 17.9 Å². The van der Waals surface area contributed by atoms with Crippen LogP contribution in [0.15, 0.2) is 77.7 Å². The minimum absolute atomic E-state index is 0.0402. The van der Waals surface area contributed by atoms with Crippen LogP contribution in [0.3, 0.4) is 0 Å². The standard InChI is InChI=1S/C25H24N2O4S2/c1-3-33(29,30)21-12-9-18(10-13-21)15-24(28)27(17-19-7-5-4-6-8-19)25-26-22-14-11-20(31-2)16-23(22)32-25/h4-14,16H,3,15,17H2,1-2H3. The molecule has 0 aliphatic heterocycles. The van der Waals surface area contributed by atoms with Crippen molar-refractivity contribution in [2.45, 2.75) is 24.8 Å². The number of ether oxygens (including phenoxy) is 1. The van der Waals surface area contributed by atoms with E-state index in [1.165, 1.54) is 11.3 Å². The quantitative estimate of drug-likeness (QED) is 0.359. The Morgan fingerprint density at radius 1 is 1.00 bits per heavy atom. The molecule has 0 saturated carbocycles. The molecular weight excluding hydrogens is 456 g/mol. The summed E-state index contributed by atoms with van der Waals surface area (Å²) in [6.07, 6.45) is 0.137. The monoisotopic (exact) mass is 480 g/mol. The minimum atomic E-state index is -3.28. The fraction of sp³-hybridized carbons (Fsp3) is 0.200. The van der Waals surface area contributed by atoms with E-state index in [-0.39, 0.29) is 23.0 Å². The number of benzene rings is 3. The number of carbonyl (C=O) groups is 1. The summed E-state index contributed by atoms with van der Waals surface area (Å²) in [6, 6.07) is 21.9. The Morgan fingerprint density at radius 2 is 1.73 bits per heavy atom. The lowest BCUT2D eigenvalue weighted by molar-refractivity contribution is -0.118. The predicted molar refractivity (Wildman–Crippen MR) is 132 cm³/mol. The third-order valence-corrected chi connectivity index (χ3v) is 8.11. The van der Waals surface area contributed by atoms with Gasteiger partial charge in [0.2, 0.25) is 5.91 Å². The van der Waals surface area contributed by atoms with E-state index in [4.69, 9.17) is 9.72 Å². The van der Waals surface area contributed by atoms with E-state index in [9.17, 15) is 13.2 Å². The first-order valence-corrected chi connectivity index (χ1v) is 13.0. The molecule has 1 amide bonds. The molecule has 1 aromatic heterocycles. The number of carbonyl (C=O) groups excluding carboxylic acids is 1. The van der Waals surface area contributed by atoms with Gasteiger partial charge in [-0.3, -0.25) is 9.69 Å². The number of hydrogen-bond donors (Lipinski definition) is 0. The Kier molecular flexibility index (Phi) is 6.76. The molecule has 0 unspecified atom stereocenters. The number of hydrogen-bond acceptors (Lipinski definition) is 6. The second-order valence-electron chi connectivity index (χ2n) is 7.52. The number of sulfone groups is 1. The Morgan fingerprint density at radius 3 is 2.39 bits per heavy atom. The van der Waals surface area contributed by atoms with Gasteiger partial charge < -0.3 is 4.74 Å². The van der Waals surface area contributed by atoms with Crippen LogP contribution in [-0.4, -0.2) is 32.2 Å². The maximum atomic E-state index is 13.4. The fourth-order valence-corrected chi connectivity index (χ4v) is 5.31. The summed E-state index contributed by atoms with van der Waals surface area (Å²) in [4.78, 5) is 20.0. The summed E-state index contributed by atoms with van der Waals surface area (Å²) in [7, 11) is -1.66. The van der Waals surface area contributed by atoms with Gasteiger partial charge in [-0.05, 0) is 41.5 Å². The first-order chi connectivity index (χ1) is 15.9. The van der Waals surface area contributed by atoms with E-state index in [1.54, 1.807) is 43.2 Å².